The number of esters is 1. The molecule has 0 saturated heterocycles. The zero-order valence-electron chi connectivity index (χ0n) is 11.8. The molecule has 108 valence electrons. The molecule has 0 atom stereocenters. The van der Waals surface area contributed by atoms with Gasteiger partial charge in [-0.1, -0.05) is 17.2 Å². The van der Waals surface area contributed by atoms with Gasteiger partial charge < -0.3 is 4.74 Å². The number of rotatable bonds is 7. The van der Waals surface area contributed by atoms with Crippen molar-refractivity contribution in [2.45, 2.75) is 46.5 Å². The third-order valence-corrected chi connectivity index (χ3v) is 2.31. The van der Waals surface area contributed by atoms with E-state index >= 15 is 0 Å². The van der Waals surface area contributed by atoms with Crippen LogP contribution in [0.1, 0.15) is 40.5 Å². The number of halogens is 2. The van der Waals surface area contributed by atoms with E-state index in [0.29, 0.717) is 18.4 Å². The van der Waals surface area contributed by atoms with E-state index in [0.717, 1.165) is 11.6 Å². The van der Waals surface area contributed by atoms with Crippen LogP contribution in [0.4, 0.5) is 8.78 Å². The van der Waals surface area contributed by atoms with Gasteiger partial charge in [0.05, 0.1) is 6.61 Å². The van der Waals surface area contributed by atoms with E-state index in [1.807, 2.05) is 19.9 Å². The van der Waals surface area contributed by atoms with Crippen LogP contribution in [0.25, 0.3) is 0 Å². The van der Waals surface area contributed by atoms with E-state index in [2.05, 4.69) is 4.74 Å². The highest BCUT2D eigenvalue weighted by atomic mass is 19.3. The second kappa shape index (κ2) is 7.81. The van der Waals surface area contributed by atoms with E-state index < -0.39 is 17.7 Å². The van der Waals surface area contributed by atoms with Gasteiger partial charge in [-0.3, -0.25) is 4.79 Å². The molecule has 0 radical (unpaired) electrons. The number of alkyl halides is 2. The second-order valence-electron chi connectivity index (χ2n) is 4.47. The number of allylic oxidation sites excluding steroid dienone is 4. The third-order valence-electron chi connectivity index (χ3n) is 2.31. The van der Waals surface area contributed by atoms with Gasteiger partial charge in [-0.25, -0.2) is 4.79 Å². The lowest BCUT2D eigenvalue weighted by Gasteiger charge is -2.11. The Kier molecular flexibility index (Phi) is 7.19. The number of ether oxygens (including phenoxy) is 1. The quantitative estimate of drug-likeness (QED) is 0.309. The minimum atomic E-state index is -4.10. The first-order chi connectivity index (χ1) is 8.71. The maximum absolute atomic E-state index is 13.3. The maximum atomic E-state index is 13.3. The van der Waals surface area contributed by atoms with E-state index in [9.17, 15) is 18.4 Å². The predicted molar refractivity (Wildman–Crippen MR) is 69.0 cm³/mol. The molecule has 0 spiro atoms. The normalized spacial score (nSPS) is 12.0. The van der Waals surface area contributed by atoms with Gasteiger partial charge in [0.25, 0.3) is 0 Å². The first-order valence-electron chi connectivity index (χ1n) is 6.11. The summed E-state index contributed by atoms with van der Waals surface area (Å²) in [5, 5.41) is 0. The summed E-state index contributed by atoms with van der Waals surface area (Å²) in [5.74, 6) is -7.43. The van der Waals surface area contributed by atoms with E-state index in [1.165, 1.54) is 6.92 Å². The fraction of sp³-hybridized carbons (Fsp3) is 0.571. The molecule has 19 heavy (non-hydrogen) atoms. The van der Waals surface area contributed by atoms with Crippen molar-refractivity contribution >= 4 is 11.8 Å². The molecule has 0 aliphatic rings. The van der Waals surface area contributed by atoms with Crippen LogP contribution in [-0.4, -0.2) is 24.3 Å². The third kappa shape index (κ3) is 6.27. The SMILES string of the molecule is CCOC(=O)C(F)(F)C(=O)/C=C(\C)CCC=C(C)C. The minimum Gasteiger partial charge on any atom is -0.461 e. The molecule has 0 aliphatic carbocycles. The van der Waals surface area contributed by atoms with Gasteiger partial charge in [0.15, 0.2) is 0 Å². The molecule has 0 amide bonds. The summed E-state index contributed by atoms with van der Waals surface area (Å²) >= 11 is 0. The Morgan fingerprint density at radius 3 is 2.26 bits per heavy atom. The molecule has 0 aromatic carbocycles. The number of hydrogen-bond acceptors (Lipinski definition) is 3. The molecule has 0 heterocycles. The number of carbonyl (C=O) groups is 2. The van der Waals surface area contributed by atoms with Gasteiger partial charge >= 0.3 is 11.9 Å². The molecule has 3 nitrogen and oxygen atoms in total. The topological polar surface area (TPSA) is 43.4 Å². The van der Waals surface area contributed by atoms with Gasteiger partial charge in [-0.2, -0.15) is 8.78 Å². The highest BCUT2D eigenvalue weighted by Crippen LogP contribution is 2.19. The number of hydrogen-bond donors (Lipinski definition) is 0. The van der Waals surface area contributed by atoms with Crippen LogP contribution in [0.2, 0.25) is 0 Å². The molecule has 5 heteroatoms. The van der Waals surface area contributed by atoms with Gasteiger partial charge in [-0.05, 0) is 46.6 Å². The molecular formula is C14H20F2O3. The Morgan fingerprint density at radius 1 is 1.21 bits per heavy atom. The lowest BCUT2D eigenvalue weighted by Crippen LogP contribution is -2.38. The molecule has 0 unspecified atom stereocenters. The summed E-state index contributed by atoms with van der Waals surface area (Å²) in [7, 11) is 0. The summed E-state index contributed by atoms with van der Waals surface area (Å²) in [5.41, 5.74) is 1.63. The molecule has 0 aromatic rings. The lowest BCUT2D eigenvalue weighted by atomic mass is 10.1. The molecule has 0 N–H and O–H groups in total. The Balaban J connectivity index is 4.64. The van der Waals surface area contributed by atoms with Crippen molar-refractivity contribution in [3.8, 4) is 0 Å². The van der Waals surface area contributed by atoms with Crippen molar-refractivity contribution in [1.82, 2.24) is 0 Å². The van der Waals surface area contributed by atoms with Crippen LogP contribution in [0.15, 0.2) is 23.3 Å². The van der Waals surface area contributed by atoms with Gasteiger partial charge in [0.1, 0.15) is 0 Å². The maximum Gasteiger partial charge on any atom is 0.403 e. The summed E-state index contributed by atoms with van der Waals surface area (Å²) < 4.78 is 30.8. The molecular weight excluding hydrogens is 254 g/mol. The molecule has 0 rings (SSSR count). The predicted octanol–water partition coefficient (Wildman–Crippen LogP) is 3.45. The van der Waals surface area contributed by atoms with Crippen molar-refractivity contribution in [1.29, 1.82) is 0 Å². The summed E-state index contributed by atoms with van der Waals surface area (Å²) in [6.07, 6.45) is 3.93. The first kappa shape index (κ1) is 17.5. The van der Waals surface area contributed by atoms with E-state index in [-0.39, 0.29) is 6.61 Å². The van der Waals surface area contributed by atoms with E-state index in [4.69, 9.17) is 0 Å². The van der Waals surface area contributed by atoms with Crippen LogP contribution in [0.5, 0.6) is 0 Å². The number of ketones is 1. The summed E-state index contributed by atoms with van der Waals surface area (Å²) in [6, 6.07) is 0. The van der Waals surface area contributed by atoms with E-state index in [1.54, 1.807) is 6.92 Å². The van der Waals surface area contributed by atoms with Crippen LogP contribution in [-0.2, 0) is 14.3 Å². The summed E-state index contributed by atoms with van der Waals surface area (Å²) in [6.45, 7) is 6.65. The Bertz CT molecular complexity index is 391. The van der Waals surface area contributed by atoms with Crippen LogP contribution in [0, 0.1) is 0 Å². The van der Waals surface area contributed by atoms with Crippen molar-refractivity contribution in [3.05, 3.63) is 23.3 Å². The van der Waals surface area contributed by atoms with Crippen molar-refractivity contribution in [3.63, 3.8) is 0 Å². The average Bonchev–Trinajstić information content (AvgIpc) is 2.28. The zero-order chi connectivity index (χ0) is 15.1. The van der Waals surface area contributed by atoms with Crippen LogP contribution < -0.4 is 0 Å². The van der Waals surface area contributed by atoms with Gasteiger partial charge in [0, 0.05) is 0 Å². The standard InChI is InChI=1S/C14H20F2O3/c1-5-19-13(18)14(15,16)12(17)9-11(4)8-6-7-10(2)3/h7,9H,5-6,8H2,1-4H3/b11-9+. The van der Waals surface area contributed by atoms with Gasteiger partial charge in [0.2, 0.25) is 5.78 Å². The second-order valence-corrected chi connectivity index (χ2v) is 4.47. The Hall–Kier alpha value is -1.52. The van der Waals surface area contributed by atoms with Crippen molar-refractivity contribution < 1.29 is 23.1 Å². The monoisotopic (exact) mass is 274 g/mol. The van der Waals surface area contributed by atoms with Crippen molar-refractivity contribution in [2.75, 3.05) is 6.61 Å². The minimum absolute atomic E-state index is 0.190. The summed E-state index contributed by atoms with van der Waals surface area (Å²) in [4.78, 5) is 22.3. The molecule has 0 saturated carbocycles. The smallest absolute Gasteiger partial charge is 0.403 e. The Morgan fingerprint density at radius 2 is 1.79 bits per heavy atom. The Labute approximate surface area is 112 Å². The van der Waals surface area contributed by atoms with Crippen molar-refractivity contribution in [2.24, 2.45) is 0 Å². The molecule has 0 aromatic heterocycles. The first-order valence-corrected chi connectivity index (χ1v) is 6.11. The largest absolute Gasteiger partial charge is 0.461 e. The van der Waals surface area contributed by atoms with Crippen LogP contribution in [0.3, 0.4) is 0 Å². The fourth-order valence-corrected chi connectivity index (χ4v) is 1.30. The van der Waals surface area contributed by atoms with Gasteiger partial charge in [-0.15, -0.1) is 0 Å². The lowest BCUT2D eigenvalue weighted by molar-refractivity contribution is -0.174. The molecule has 0 aliphatic heterocycles. The van der Waals surface area contributed by atoms with Crippen LogP contribution >= 0.6 is 0 Å². The molecule has 0 fully saturated rings. The highest BCUT2D eigenvalue weighted by molar-refractivity contribution is 6.10. The average molecular weight is 274 g/mol. The fourth-order valence-electron chi connectivity index (χ4n) is 1.30. The zero-order valence-corrected chi connectivity index (χ0v) is 11.8. The molecule has 0 bridgehead atoms. The number of carbonyl (C=O) groups excluding carboxylic acids is 2. The highest BCUT2D eigenvalue weighted by Gasteiger charge is 2.47.